The molecule has 0 bridgehead atoms. The highest BCUT2D eigenvalue weighted by molar-refractivity contribution is 5.43. The number of nitrogens with zero attached hydrogens (tertiary/aromatic N) is 1. The Bertz CT molecular complexity index is 848. The van der Waals surface area contributed by atoms with E-state index >= 15 is 0 Å². The van der Waals surface area contributed by atoms with Crippen LogP contribution in [-0.2, 0) is 13.0 Å². The second-order valence-electron chi connectivity index (χ2n) is 6.59. The number of hydrogen-bond donors (Lipinski definition) is 1. The molecule has 1 atom stereocenters. The predicted octanol–water partition coefficient (Wildman–Crippen LogP) is 4.61. The lowest BCUT2D eigenvalue weighted by atomic mass is 10.0. The fourth-order valence-electron chi connectivity index (χ4n) is 2.88. The minimum absolute atomic E-state index is 0.104. The van der Waals surface area contributed by atoms with E-state index in [1.54, 1.807) is 6.20 Å². The van der Waals surface area contributed by atoms with Crippen molar-refractivity contribution in [1.82, 2.24) is 4.98 Å². The third kappa shape index (κ3) is 5.31. The molecule has 4 heteroatoms. The number of ether oxygens (including phenoxy) is 2. The molecule has 140 valence electrons. The van der Waals surface area contributed by atoms with Gasteiger partial charge >= 0.3 is 0 Å². The van der Waals surface area contributed by atoms with E-state index in [0.29, 0.717) is 19.6 Å². The Morgan fingerprint density at radius 1 is 0.963 bits per heavy atom. The number of rotatable bonds is 8. The molecular weight excluding hydrogens is 336 g/mol. The van der Waals surface area contributed by atoms with Gasteiger partial charge in [-0.3, -0.25) is 4.98 Å². The molecular formula is C23H26N2O2. The molecule has 1 unspecified atom stereocenters. The van der Waals surface area contributed by atoms with Crippen LogP contribution in [0.3, 0.4) is 0 Å². The van der Waals surface area contributed by atoms with Crippen molar-refractivity contribution in [3.05, 3.63) is 89.2 Å². The van der Waals surface area contributed by atoms with E-state index in [2.05, 4.69) is 36.2 Å². The first kappa shape index (κ1) is 18.9. The van der Waals surface area contributed by atoms with Gasteiger partial charge in [-0.15, -0.1) is 0 Å². The topological polar surface area (TPSA) is 57.4 Å². The van der Waals surface area contributed by atoms with Gasteiger partial charge in [0.15, 0.2) is 11.5 Å². The molecule has 3 rings (SSSR count). The zero-order valence-electron chi connectivity index (χ0n) is 15.9. The summed E-state index contributed by atoms with van der Waals surface area (Å²) in [5.74, 6) is 1.50. The van der Waals surface area contributed by atoms with E-state index in [9.17, 15) is 0 Å². The lowest BCUT2D eigenvalue weighted by molar-refractivity contribution is 0.269. The summed E-state index contributed by atoms with van der Waals surface area (Å²) < 4.78 is 11.8. The molecule has 0 aliphatic rings. The first-order valence-corrected chi connectivity index (χ1v) is 9.25. The van der Waals surface area contributed by atoms with Gasteiger partial charge < -0.3 is 15.2 Å². The predicted molar refractivity (Wildman–Crippen MR) is 108 cm³/mol. The minimum Gasteiger partial charge on any atom is -0.490 e. The van der Waals surface area contributed by atoms with Crippen molar-refractivity contribution in [3.63, 3.8) is 0 Å². The SMILES string of the molecule is CCOc1cc(CC(N)c2cccnc2)ccc1OCc1ccc(C)cc1. The third-order valence-corrected chi connectivity index (χ3v) is 4.39. The van der Waals surface area contributed by atoms with E-state index in [-0.39, 0.29) is 6.04 Å². The summed E-state index contributed by atoms with van der Waals surface area (Å²) in [5, 5.41) is 0. The van der Waals surface area contributed by atoms with Crippen LogP contribution in [0.5, 0.6) is 11.5 Å². The van der Waals surface area contributed by atoms with Gasteiger partial charge in [-0.25, -0.2) is 0 Å². The number of aromatic nitrogens is 1. The number of benzene rings is 2. The number of hydrogen-bond acceptors (Lipinski definition) is 4. The van der Waals surface area contributed by atoms with Crippen LogP contribution in [0.15, 0.2) is 67.0 Å². The standard InChI is InChI=1S/C23H26N2O2/c1-3-26-23-14-19(13-21(24)20-5-4-12-25-15-20)10-11-22(23)27-16-18-8-6-17(2)7-9-18/h4-12,14-15,21H,3,13,16,24H2,1-2H3. The summed E-state index contributed by atoms with van der Waals surface area (Å²) in [7, 11) is 0. The summed E-state index contributed by atoms with van der Waals surface area (Å²) in [6.07, 6.45) is 4.28. The molecule has 0 radical (unpaired) electrons. The molecule has 2 N–H and O–H groups in total. The molecule has 0 aliphatic carbocycles. The highest BCUT2D eigenvalue weighted by atomic mass is 16.5. The van der Waals surface area contributed by atoms with Crippen molar-refractivity contribution < 1.29 is 9.47 Å². The highest BCUT2D eigenvalue weighted by Gasteiger charge is 2.11. The Kier molecular flexibility index (Phi) is 6.44. The molecule has 0 fully saturated rings. The van der Waals surface area contributed by atoms with Gasteiger partial charge in [-0.2, -0.15) is 0 Å². The molecule has 0 aliphatic heterocycles. The molecule has 4 nitrogen and oxygen atoms in total. The number of nitrogens with two attached hydrogens (primary N) is 1. The first-order chi connectivity index (χ1) is 13.2. The minimum atomic E-state index is -0.104. The molecule has 27 heavy (non-hydrogen) atoms. The van der Waals surface area contributed by atoms with Crippen LogP contribution < -0.4 is 15.2 Å². The average Bonchev–Trinajstić information content (AvgIpc) is 2.69. The van der Waals surface area contributed by atoms with Gasteiger partial charge in [0.05, 0.1) is 6.61 Å². The Morgan fingerprint density at radius 3 is 2.44 bits per heavy atom. The number of aryl methyl sites for hydroxylation is 1. The number of pyridine rings is 1. The van der Waals surface area contributed by atoms with Crippen LogP contribution in [0.1, 0.15) is 35.2 Å². The largest absolute Gasteiger partial charge is 0.490 e. The molecule has 3 aromatic rings. The lowest BCUT2D eigenvalue weighted by Crippen LogP contribution is -2.13. The van der Waals surface area contributed by atoms with Gasteiger partial charge in [0, 0.05) is 18.4 Å². The maximum Gasteiger partial charge on any atom is 0.161 e. The monoisotopic (exact) mass is 362 g/mol. The zero-order valence-corrected chi connectivity index (χ0v) is 15.9. The lowest BCUT2D eigenvalue weighted by Gasteiger charge is -2.16. The Morgan fingerprint density at radius 2 is 1.74 bits per heavy atom. The van der Waals surface area contributed by atoms with Crippen LogP contribution in [0, 0.1) is 6.92 Å². The van der Waals surface area contributed by atoms with E-state index in [0.717, 1.165) is 28.2 Å². The summed E-state index contributed by atoms with van der Waals surface area (Å²) in [5.41, 5.74) is 10.8. The Hall–Kier alpha value is -2.85. The van der Waals surface area contributed by atoms with Crippen LogP contribution in [0.4, 0.5) is 0 Å². The molecule has 0 saturated heterocycles. The summed E-state index contributed by atoms with van der Waals surface area (Å²) in [6, 6.07) is 18.2. The van der Waals surface area contributed by atoms with Gasteiger partial charge in [0.1, 0.15) is 6.61 Å². The van der Waals surface area contributed by atoms with Crippen LogP contribution >= 0.6 is 0 Å². The van der Waals surface area contributed by atoms with E-state index in [1.807, 2.05) is 43.5 Å². The quantitative estimate of drug-likeness (QED) is 0.636. The van der Waals surface area contributed by atoms with Crippen LogP contribution in [-0.4, -0.2) is 11.6 Å². The maximum atomic E-state index is 6.32. The van der Waals surface area contributed by atoms with Crippen molar-refractivity contribution in [1.29, 1.82) is 0 Å². The van der Waals surface area contributed by atoms with Crippen molar-refractivity contribution in [3.8, 4) is 11.5 Å². The molecule has 1 heterocycles. The van der Waals surface area contributed by atoms with E-state index < -0.39 is 0 Å². The molecule has 1 aromatic heterocycles. The van der Waals surface area contributed by atoms with Crippen LogP contribution in [0.2, 0.25) is 0 Å². The van der Waals surface area contributed by atoms with Gasteiger partial charge in [-0.05, 0) is 55.2 Å². The zero-order chi connectivity index (χ0) is 19.1. The van der Waals surface area contributed by atoms with Crippen molar-refractivity contribution in [2.45, 2.75) is 32.9 Å². The van der Waals surface area contributed by atoms with Crippen molar-refractivity contribution >= 4 is 0 Å². The summed E-state index contributed by atoms with van der Waals surface area (Å²) >= 11 is 0. The van der Waals surface area contributed by atoms with Gasteiger partial charge in [0.25, 0.3) is 0 Å². The second-order valence-corrected chi connectivity index (χ2v) is 6.59. The van der Waals surface area contributed by atoms with Crippen molar-refractivity contribution in [2.75, 3.05) is 6.61 Å². The molecule has 2 aromatic carbocycles. The van der Waals surface area contributed by atoms with Gasteiger partial charge in [0.2, 0.25) is 0 Å². The highest BCUT2D eigenvalue weighted by Crippen LogP contribution is 2.30. The van der Waals surface area contributed by atoms with E-state index in [4.69, 9.17) is 15.2 Å². The molecule has 0 spiro atoms. The van der Waals surface area contributed by atoms with E-state index in [1.165, 1.54) is 5.56 Å². The fraction of sp³-hybridized carbons (Fsp3) is 0.261. The summed E-state index contributed by atoms with van der Waals surface area (Å²) in [4.78, 5) is 4.14. The smallest absolute Gasteiger partial charge is 0.161 e. The average molecular weight is 362 g/mol. The third-order valence-electron chi connectivity index (χ3n) is 4.39. The fourth-order valence-corrected chi connectivity index (χ4v) is 2.88. The Balaban J connectivity index is 1.71. The maximum absolute atomic E-state index is 6.32. The molecule has 0 amide bonds. The normalized spacial score (nSPS) is 11.8. The first-order valence-electron chi connectivity index (χ1n) is 9.25. The Labute approximate surface area is 161 Å². The molecule has 0 saturated carbocycles. The summed E-state index contributed by atoms with van der Waals surface area (Å²) in [6.45, 7) is 5.14. The van der Waals surface area contributed by atoms with Gasteiger partial charge in [-0.1, -0.05) is 42.0 Å². The second kappa shape index (κ2) is 9.19. The van der Waals surface area contributed by atoms with Crippen molar-refractivity contribution in [2.24, 2.45) is 5.73 Å². The van der Waals surface area contributed by atoms with Crippen LogP contribution in [0.25, 0.3) is 0 Å².